The lowest BCUT2D eigenvalue weighted by Gasteiger charge is -2.10. The van der Waals surface area contributed by atoms with E-state index in [9.17, 15) is 8.78 Å². The second-order valence-electron chi connectivity index (χ2n) is 4.64. The lowest BCUT2D eigenvalue weighted by atomic mass is 10.2. The number of nitrogens with one attached hydrogen (secondary N) is 1. The average Bonchev–Trinajstić information content (AvgIpc) is 2.40. The number of rotatable bonds is 6. The zero-order valence-corrected chi connectivity index (χ0v) is 13.2. The summed E-state index contributed by atoms with van der Waals surface area (Å²) in [7, 11) is 0. The molecule has 2 nitrogen and oxygen atoms in total. The fraction of sp³-hybridized carbons (Fsp3) is 0.250. The lowest BCUT2D eigenvalue weighted by molar-refractivity contribution is 0.467. The molecule has 2 aromatic carbocycles. The Hall–Kier alpha value is -1.46. The summed E-state index contributed by atoms with van der Waals surface area (Å²) in [6.45, 7) is 3.81. The van der Waals surface area contributed by atoms with E-state index in [4.69, 9.17) is 4.74 Å². The van der Waals surface area contributed by atoms with Gasteiger partial charge in [0.25, 0.3) is 0 Å². The summed E-state index contributed by atoms with van der Waals surface area (Å²) < 4.78 is 32.6. The van der Waals surface area contributed by atoms with E-state index in [1.165, 1.54) is 0 Å². The van der Waals surface area contributed by atoms with Crippen molar-refractivity contribution in [1.82, 2.24) is 5.32 Å². The molecule has 21 heavy (non-hydrogen) atoms. The van der Waals surface area contributed by atoms with Gasteiger partial charge in [-0.05, 0) is 30.7 Å². The highest BCUT2D eigenvalue weighted by molar-refractivity contribution is 9.10. The molecule has 0 atom stereocenters. The standard InChI is InChI=1S/C16H16BrF2NO/c1-2-5-20-10-11-3-4-14(9-16(11)17)21-15-7-12(18)6-13(19)8-15/h3-4,6-9,20H,2,5,10H2,1H3. The van der Waals surface area contributed by atoms with Crippen molar-refractivity contribution in [2.45, 2.75) is 19.9 Å². The molecule has 2 aromatic rings. The quantitative estimate of drug-likeness (QED) is 0.734. The maximum absolute atomic E-state index is 13.1. The van der Waals surface area contributed by atoms with E-state index in [1.54, 1.807) is 12.1 Å². The van der Waals surface area contributed by atoms with Crippen LogP contribution in [0, 0.1) is 11.6 Å². The molecule has 0 saturated heterocycles. The Bertz CT molecular complexity index is 599. The maximum atomic E-state index is 13.1. The number of hydrogen-bond donors (Lipinski definition) is 1. The summed E-state index contributed by atoms with van der Waals surface area (Å²) in [5.41, 5.74) is 1.10. The van der Waals surface area contributed by atoms with Gasteiger partial charge in [0.1, 0.15) is 23.1 Å². The third kappa shape index (κ3) is 4.79. The van der Waals surface area contributed by atoms with Crippen molar-refractivity contribution in [1.29, 1.82) is 0 Å². The normalized spacial score (nSPS) is 10.7. The van der Waals surface area contributed by atoms with Crippen LogP contribution in [0.5, 0.6) is 11.5 Å². The molecule has 0 aromatic heterocycles. The Balaban J connectivity index is 2.09. The monoisotopic (exact) mass is 355 g/mol. The first-order valence-corrected chi connectivity index (χ1v) is 7.51. The number of benzene rings is 2. The van der Waals surface area contributed by atoms with Crippen LogP contribution < -0.4 is 10.1 Å². The van der Waals surface area contributed by atoms with Gasteiger partial charge in [-0.3, -0.25) is 0 Å². The van der Waals surface area contributed by atoms with Crippen LogP contribution in [-0.2, 0) is 6.54 Å². The third-order valence-electron chi connectivity index (χ3n) is 2.84. The first-order chi connectivity index (χ1) is 10.1. The van der Waals surface area contributed by atoms with Crippen molar-refractivity contribution in [3.8, 4) is 11.5 Å². The highest BCUT2D eigenvalue weighted by Crippen LogP contribution is 2.28. The predicted octanol–water partition coefficient (Wildman–Crippen LogP) is 5.02. The summed E-state index contributed by atoms with van der Waals surface area (Å²) >= 11 is 3.47. The Morgan fingerprint density at radius 2 is 1.76 bits per heavy atom. The first-order valence-electron chi connectivity index (χ1n) is 6.71. The molecule has 0 saturated carbocycles. The van der Waals surface area contributed by atoms with Crippen LogP contribution in [0.2, 0.25) is 0 Å². The maximum Gasteiger partial charge on any atom is 0.133 e. The van der Waals surface area contributed by atoms with Gasteiger partial charge in [0.2, 0.25) is 0 Å². The van der Waals surface area contributed by atoms with Crippen molar-refractivity contribution in [2.75, 3.05) is 6.54 Å². The van der Waals surface area contributed by atoms with E-state index in [-0.39, 0.29) is 5.75 Å². The highest BCUT2D eigenvalue weighted by Gasteiger charge is 2.06. The topological polar surface area (TPSA) is 21.3 Å². The Kier molecular flexibility index (Phi) is 5.70. The van der Waals surface area contributed by atoms with Crippen LogP contribution in [0.25, 0.3) is 0 Å². The van der Waals surface area contributed by atoms with Gasteiger partial charge in [-0.25, -0.2) is 8.78 Å². The number of hydrogen-bond acceptors (Lipinski definition) is 2. The number of halogens is 3. The molecule has 1 N–H and O–H groups in total. The van der Waals surface area contributed by atoms with Crippen LogP contribution >= 0.6 is 15.9 Å². The van der Waals surface area contributed by atoms with Gasteiger partial charge >= 0.3 is 0 Å². The fourth-order valence-corrected chi connectivity index (χ4v) is 2.36. The molecule has 0 unspecified atom stereocenters. The lowest BCUT2D eigenvalue weighted by Crippen LogP contribution is -2.14. The summed E-state index contributed by atoms with van der Waals surface area (Å²) in [6.07, 6.45) is 1.07. The van der Waals surface area contributed by atoms with Gasteiger partial charge in [0.15, 0.2) is 0 Å². The summed E-state index contributed by atoms with van der Waals surface area (Å²) in [5.74, 6) is -0.670. The van der Waals surface area contributed by atoms with E-state index in [0.717, 1.165) is 47.7 Å². The minimum absolute atomic E-state index is 0.135. The zero-order chi connectivity index (χ0) is 15.2. The fourth-order valence-electron chi connectivity index (χ4n) is 1.86. The van der Waals surface area contributed by atoms with Gasteiger partial charge < -0.3 is 10.1 Å². The van der Waals surface area contributed by atoms with Crippen LogP contribution in [0.4, 0.5) is 8.78 Å². The van der Waals surface area contributed by atoms with E-state index in [2.05, 4.69) is 28.2 Å². The van der Waals surface area contributed by atoms with Gasteiger partial charge in [-0.1, -0.05) is 28.9 Å². The molecule has 112 valence electrons. The molecule has 0 amide bonds. The zero-order valence-electron chi connectivity index (χ0n) is 11.6. The molecule has 0 spiro atoms. The van der Waals surface area contributed by atoms with Crippen LogP contribution in [0.3, 0.4) is 0 Å². The van der Waals surface area contributed by atoms with Gasteiger partial charge in [0, 0.05) is 29.2 Å². The van der Waals surface area contributed by atoms with Gasteiger partial charge in [-0.15, -0.1) is 0 Å². The SMILES string of the molecule is CCCNCc1ccc(Oc2cc(F)cc(F)c2)cc1Br. The van der Waals surface area contributed by atoms with Gasteiger partial charge in [-0.2, -0.15) is 0 Å². The summed E-state index contributed by atoms with van der Waals surface area (Å²) in [4.78, 5) is 0. The van der Waals surface area contributed by atoms with E-state index < -0.39 is 11.6 Å². The molecule has 0 bridgehead atoms. The molecule has 0 heterocycles. The van der Waals surface area contributed by atoms with Crippen molar-refractivity contribution in [3.05, 3.63) is 58.1 Å². The first kappa shape index (κ1) is 15.9. The molecule has 0 aliphatic carbocycles. The second-order valence-corrected chi connectivity index (χ2v) is 5.49. The van der Waals surface area contributed by atoms with Crippen molar-refractivity contribution >= 4 is 15.9 Å². The minimum Gasteiger partial charge on any atom is -0.457 e. The summed E-state index contributed by atoms with van der Waals surface area (Å²) in [5, 5.41) is 3.31. The number of ether oxygens (including phenoxy) is 1. The molecular weight excluding hydrogens is 340 g/mol. The van der Waals surface area contributed by atoms with E-state index >= 15 is 0 Å². The summed E-state index contributed by atoms with van der Waals surface area (Å²) in [6, 6.07) is 8.58. The molecule has 5 heteroatoms. The van der Waals surface area contributed by atoms with Crippen molar-refractivity contribution < 1.29 is 13.5 Å². The molecular formula is C16H16BrF2NO. The highest BCUT2D eigenvalue weighted by atomic mass is 79.9. The van der Waals surface area contributed by atoms with Gasteiger partial charge in [0.05, 0.1) is 0 Å². The molecule has 0 aliphatic heterocycles. The van der Waals surface area contributed by atoms with Crippen LogP contribution in [0.15, 0.2) is 40.9 Å². The van der Waals surface area contributed by atoms with E-state index in [0.29, 0.717) is 5.75 Å². The van der Waals surface area contributed by atoms with Crippen LogP contribution in [-0.4, -0.2) is 6.54 Å². The molecule has 0 radical (unpaired) electrons. The van der Waals surface area contributed by atoms with Crippen molar-refractivity contribution in [3.63, 3.8) is 0 Å². The molecule has 0 fully saturated rings. The van der Waals surface area contributed by atoms with Crippen LogP contribution in [0.1, 0.15) is 18.9 Å². The van der Waals surface area contributed by atoms with E-state index in [1.807, 2.05) is 6.07 Å². The van der Waals surface area contributed by atoms with Crippen molar-refractivity contribution in [2.24, 2.45) is 0 Å². The Labute approximate surface area is 131 Å². The largest absolute Gasteiger partial charge is 0.457 e. The smallest absolute Gasteiger partial charge is 0.133 e. The minimum atomic E-state index is -0.663. The molecule has 0 aliphatic rings. The second kappa shape index (κ2) is 7.52. The third-order valence-corrected chi connectivity index (χ3v) is 3.58. The Morgan fingerprint density at radius 1 is 1.05 bits per heavy atom. The Morgan fingerprint density at radius 3 is 2.38 bits per heavy atom. The average molecular weight is 356 g/mol. The molecule has 2 rings (SSSR count). The predicted molar refractivity (Wildman–Crippen MR) is 82.6 cm³/mol.